The van der Waals surface area contributed by atoms with E-state index in [2.05, 4.69) is 123 Å². The third-order valence-corrected chi connectivity index (χ3v) is 14.2. The highest BCUT2D eigenvalue weighted by molar-refractivity contribution is 7.47. The number of amides is 1. The monoisotopic (exact) mass is 1090 g/mol. The van der Waals surface area contributed by atoms with Crippen molar-refractivity contribution in [3.63, 3.8) is 0 Å². The van der Waals surface area contributed by atoms with Crippen LogP contribution in [0.1, 0.15) is 252 Å². The molecule has 3 atom stereocenters. The molecule has 0 aromatic carbocycles. The van der Waals surface area contributed by atoms with E-state index in [0.29, 0.717) is 23.9 Å². The minimum Gasteiger partial charge on any atom is -0.456 e. The summed E-state index contributed by atoms with van der Waals surface area (Å²) in [5, 5.41) is 3.05. The molecule has 0 saturated carbocycles. The quantitative estimate of drug-likeness (QED) is 0.0205. The molecule has 0 fully saturated rings. The lowest BCUT2D eigenvalue weighted by Gasteiger charge is -2.27. The van der Waals surface area contributed by atoms with Crippen molar-refractivity contribution >= 4 is 19.7 Å². The molecule has 0 aliphatic rings. The van der Waals surface area contributed by atoms with Gasteiger partial charge in [-0.1, -0.05) is 240 Å². The zero-order valence-corrected chi connectivity index (χ0v) is 51.3. The van der Waals surface area contributed by atoms with Crippen molar-refractivity contribution in [2.45, 2.75) is 264 Å². The summed E-state index contributed by atoms with van der Waals surface area (Å²) >= 11 is 0. The van der Waals surface area contributed by atoms with Crippen LogP contribution in [-0.4, -0.2) is 74.3 Å². The first kappa shape index (κ1) is 73.7. The number of unbranched alkanes of at least 4 members (excludes halogenated alkanes) is 23. The van der Waals surface area contributed by atoms with Crippen LogP contribution in [-0.2, 0) is 27.9 Å². The van der Waals surface area contributed by atoms with E-state index >= 15 is 0 Å². The molecule has 0 aliphatic carbocycles. The van der Waals surface area contributed by atoms with Crippen LogP contribution in [0.2, 0.25) is 0 Å². The molecule has 9 nitrogen and oxygen atoms in total. The minimum atomic E-state index is -4.46. The Balaban J connectivity index is 5.19. The molecule has 0 heterocycles. The Bertz CT molecular complexity index is 1690. The Kier molecular flexibility index (Phi) is 53.5. The zero-order valence-electron chi connectivity index (χ0n) is 50.4. The summed E-state index contributed by atoms with van der Waals surface area (Å²) in [6, 6.07) is -0.867. The van der Waals surface area contributed by atoms with Crippen LogP contribution in [0.15, 0.2) is 109 Å². The number of phosphoric acid groups is 1. The highest BCUT2D eigenvalue weighted by atomic mass is 31.2. The van der Waals surface area contributed by atoms with Gasteiger partial charge < -0.3 is 19.4 Å². The number of quaternary nitrogens is 1. The standard InChI is InChI=1S/C67H117N2O7P/c1-7-10-13-16-19-22-25-28-30-31-32-33-34-35-36-37-38-39-40-41-44-47-50-53-56-59-66(70)68-64(63-75-77(72,73)74-62-61-69(4,5)6)65(58-55-52-49-46-43-27-24-21-18-15-12-9-3)76-67(71)60-57-54-51-48-45-42-29-26-23-20-17-14-11-8-2/h10-11,13-14,19-20,22-23,28-30,32-33,35-36,42,55,58,64-65H,7-9,12,15-18,21,24-27,31,34,37-41,43-54,56-57,59-63H2,1-6H3,(H-,68,70,72,73)/p+1/b13-10-,14-11+,22-19-,23-20+,30-28-,33-32-,36-35-,42-29+,58-55-. The molecule has 3 unspecified atom stereocenters. The lowest BCUT2D eigenvalue weighted by molar-refractivity contribution is -0.870. The summed E-state index contributed by atoms with van der Waals surface area (Å²) in [5.74, 6) is -0.543. The van der Waals surface area contributed by atoms with Gasteiger partial charge in [0.25, 0.3) is 0 Å². The minimum absolute atomic E-state index is 0.0299. The highest BCUT2D eigenvalue weighted by Crippen LogP contribution is 2.43. The van der Waals surface area contributed by atoms with Crippen molar-refractivity contribution in [3.05, 3.63) is 109 Å². The number of phosphoric ester groups is 1. The van der Waals surface area contributed by atoms with Crippen LogP contribution >= 0.6 is 7.82 Å². The normalized spacial score (nSPS) is 14.4. The van der Waals surface area contributed by atoms with E-state index in [9.17, 15) is 19.0 Å². The van der Waals surface area contributed by atoms with Crippen molar-refractivity contribution in [1.82, 2.24) is 5.32 Å². The molecule has 0 rings (SSSR count). The number of esters is 1. The van der Waals surface area contributed by atoms with Gasteiger partial charge in [0.1, 0.15) is 19.3 Å². The van der Waals surface area contributed by atoms with E-state index in [0.717, 1.165) is 128 Å². The van der Waals surface area contributed by atoms with E-state index in [4.69, 9.17) is 13.8 Å². The van der Waals surface area contributed by atoms with Gasteiger partial charge in [0.15, 0.2) is 0 Å². The highest BCUT2D eigenvalue weighted by Gasteiger charge is 2.30. The first-order valence-electron chi connectivity index (χ1n) is 31.2. The average Bonchev–Trinajstić information content (AvgIpc) is 3.39. The Labute approximate surface area is 474 Å². The number of carbonyl (C=O) groups is 2. The van der Waals surface area contributed by atoms with Crippen LogP contribution in [0.5, 0.6) is 0 Å². The molecule has 0 saturated heterocycles. The van der Waals surface area contributed by atoms with E-state index in [1.54, 1.807) is 0 Å². The van der Waals surface area contributed by atoms with Gasteiger partial charge in [-0.15, -0.1) is 0 Å². The van der Waals surface area contributed by atoms with E-state index in [1.807, 2.05) is 33.3 Å². The molecule has 0 aliphatic heterocycles. The Hall–Kier alpha value is -3.33. The molecule has 442 valence electrons. The first-order valence-corrected chi connectivity index (χ1v) is 32.7. The summed E-state index contributed by atoms with van der Waals surface area (Å²) in [6.45, 7) is 6.75. The third-order valence-electron chi connectivity index (χ3n) is 13.2. The predicted octanol–water partition coefficient (Wildman–Crippen LogP) is 19.3. The number of rotatable bonds is 55. The second-order valence-corrected chi connectivity index (χ2v) is 23.3. The van der Waals surface area contributed by atoms with Crippen molar-refractivity contribution in [2.75, 3.05) is 40.9 Å². The lowest BCUT2D eigenvalue weighted by atomic mass is 10.0. The number of ether oxygens (including phenoxy) is 1. The molecule has 2 N–H and O–H groups in total. The second-order valence-electron chi connectivity index (χ2n) is 21.8. The Morgan fingerprint density at radius 2 is 0.831 bits per heavy atom. The number of nitrogens with one attached hydrogen (secondary N) is 1. The van der Waals surface area contributed by atoms with Crippen molar-refractivity contribution < 1.29 is 37.3 Å². The topological polar surface area (TPSA) is 111 Å². The Morgan fingerprint density at radius 1 is 0.468 bits per heavy atom. The molecule has 0 spiro atoms. The molecule has 0 aromatic heterocycles. The number of allylic oxidation sites excluding steroid dienone is 17. The van der Waals surface area contributed by atoms with Crippen molar-refractivity contribution in [1.29, 1.82) is 0 Å². The largest absolute Gasteiger partial charge is 0.472 e. The van der Waals surface area contributed by atoms with Gasteiger partial charge >= 0.3 is 13.8 Å². The van der Waals surface area contributed by atoms with Gasteiger partial charge in [-0.05, 0) is 109 Å². The van der Waals surface area contributed by atoms with E-state index in [-0.39, 0.29) is 31.5 Å². The molecule has 0 aromatic rings. The second kappa shape index (κ2) is 56.0. The van der Waals surface area contributed by atoms with Crippen LogP contribution in [0.4, 0.5) is 0 Å². The molecule has 0 bridgehead atoms. The smallest absolute Gasteiger partial charge is 0.456 e. The first-order chi connectivity index (χ1) is 37.4. The number of hydrogen-bond donors (Lipinski definition) is 2. The van der Waals surface area contributed by atoms with Crippen LogP contribution in [0, 0.1) is 0 Å². The fraction of sp³-hybridized carbons (Fsp3) is 0.701. The maximum atomic E-state index is 13.6. The van der Waals surface area contributed by atoms with Crippen molar-refractivity contribution in [2.24, 2.45) is 0 Å². The van der Waals surface area contributed by atoms with Gasteiger partial charge in [-0.25, -0.2) is 4.57 Å². The number of likely N-dealkylation sites (N-methyl/N-ethyl adjacent to an activating group) is 1. The molecular weight excluding hydrogens is 976 g/mol. The lowest BCUT2D eigenvalue weighted by Crippen LogP contribution is -2.47. The average molecular weight is 1090 g/mol. The summed E-state index contributed by atoms with van der Waals surface area (Å²) in [7, 11) is 1.46. The van der Waals surface area contributed by atoms with Gasteiger partial charge in [0.05, 0.1) is 33.8 Å². The fourth-order valence-corrected chi connectivity index (χ4v) is 9.19. The molecule has 1 amide bonds. The predicted molar refractivity (Wildman–Crippen MR) is 332 cm³/mol. The molecular formula is C67H118N2O7P+. The van der Waals surface area contributed by atoms with Crippen molar-refractivity contribution in [3.8, 4) is 0 Å². The third kappa shape index (κ3) is 57.2. The zero-order chi connectivity index (χ0) is 56.4. The molecule has 10 heteroatoms. The van der Waals surface area contributed by atoms with E-state index in [1.165, 1.54) is 83.5 Å². The number of hydrogen-bond acceptors (Lipinski definition) is 6. The summed E-state index contributed by atoms with van der Waals surface area (Å²) in [5.41, 5.74) is 0. The number of nitrogens with zero attached hydrogens (tertiary/aromatic N) is 1. The Morgan fingerprint density at radius 3 is 1.25 bits per heavy atom. The fourth-order valence-electron chi connectivity index (χ4n) is 8.45. The van der Waals surface area contributed by atoms with Gasteiger partial charge in [-0.2, -0.15) is 0 Å². The maximum absolute atomic E-state index is 13.6. The summed E-state index contributed by atoms with van der Waals surface area (Å²) in [6.07, 6.45) is 76.6. The molecule has 77 heavy (non-hydrogen) atoms. The van der Waals surface area contributed by atoms with E-state index < -0.39 is 20.0 Å². The van der Waals surface area contributed by atoms with Gasteiger partial charge in [0, 0.05) is 12.8 Å². The molecule has 0 radical (unpaired) electrons. The number of carbonyl (C=O) groups excluding carboxylic acids is 2. The van der Waals surface area contributed by atoms with Crippen LogP contribution < -0.4 is 5.32 Å². The van der Waals surface area contributed by atoms with Gasteiger partial charge in [0.2, 0.25) is 5.91 Å². The SMILES string of the molecule is CC/C=C\C/C=C\C/C=C\C/C=C\C/C=C\CCCCCCCCCCCC(=O)NC(COP(=O)(O)OCC[N+](C)(C)C)C(/C=C\CCCCCCCCCCCC)OC(=O)CCCCCC/C=C/C/C=C/C/C=C/CC. The maximum Gasteiger partial charge on any atom is 0.472 e. The van der Waals surface area contributed by atoms with Gasteiger partial charge in [-0.3, -0.25) is 18.6 Å². The summed E-state index contributed by atoms with van der Waals surface area (Å²) < 4.78 is 30.7. The summed E-state index contributed by atoms with van der Waals surface area (Å²) in [4.78, 5) is 37.7. The van der Waals surface area contributed by atoms with Crippen LogP contribution in [0.3, 0.4) is 0 Å². The van der Waals surface area contributed by atoms with Crippen LogP contribution in [0.25, 0.3) is 0 Å².